The molecule has 1 aromatic carbocycles. The van der Waals surface area contributed by atoms with Gasteiger partial charge < -0.3 is 15.6 Å². The van der Waals surface area contributed by atoms with Gasteiger partial charge in [0, 0.05) is 23.8 Å². The van der Waals surface area contributed by atoms with E-state index in [0.717, 1.165) is 36.3 Å². The van der Waals surface area contributed by atoms with Gasteiger partial charge in [-0.3, -0.25) is 0 Å². The molecule has 0 bridgehead atoms. The number of urea groups is 1. The second-order valence-corrected chi connectivity index (χ2v) is 4.73. The highest BCUT2D eigenvalue weighted by Crippen LogP contribution is 2.17. The van der Waals surface area contributed by atoms with E-state index >= 15 is 0 Å². The molecule has 1 aliphatic rings. The van der Waals surface area contributed by atoms with Gasteiger partial charge in [0.2, 0.25) is 0 Å². The number of nitrogens with one attached hydrogen (secondary N) is 3. The van der Waals surface area contributed by atoms with E-state index in [9.17, 15) is 4.79 Å². The number of aromatic amines is 1. The number of hydrogen-bond acceptors (Lipinski definition) is 2. The first kappa shape index (κ1) is 11.8. The lowest BCUT2D eigenvalue weighted by molar-refractivity contribution is 0.247. The number of carbonyl (C=O) groups is 1. The Morgan fingerprint density at radius 2 is 2.16 bits per heavy atom. The topological polar surface area (TPSA) is 69.8 Å². The molecule has 1 heterocycles. The summed E-state index contributed by atoms with van der Waals surface area (Å²) in [5.41, 5.74) is 3.07. The zero-order valence-corrected chi connectivity index (χ0v) is 10.5. The minimum atomic E-state index is -0.154. The first-order valence-electron chi connectivity index (χ1n) is 6.45. The maximum absolute atomic E-state index is 11.9. The van der Waals surface area contributed by atoms with Crippen LogP contribution in [0.15, 0.2) is 36.7 Å². The number of para-hydroxylation sites is 1. The lowest BCUT2D eigenvalue weighted by Gasteiger charge is -2.22. The summed E-state index contributed by atoms with van der Waals surface area (Å²) < 4.78 is 0. The van der Waals surface area contributed by atoms with Crippen LogP contribution < -0.4 is 10.6 Å². The first-order valence-corrected chi connectivity index (χ1v) is 6.45. The lowest BCUT2D eigenvalue weighted by atomic mass is 9.96. The zero-order valence-electron chi connectivity index (χ0n) is 10.5. The fourth-order valence-corrected chi connectivity index (χ4v) is 2.40. The number of H-pyrrole nitrogens is 1. The van der Waals surface area contributed by atoms with Gasteiger partial charge in [-0.05, 0) is 25.0 Å². The normalized spacial score (nSPS) is 17.6. The van der Waals surface area contributed by atoms with Gasteiger partial charge in [0.05, 0.1) is 12.0 Å². The van der Waals surface area contributed by atoms with Gasteiger partial charge in [-0.2, -0.15) is 0 Å². The molecule has 1 aliphatic carbocycles. The number of aryl methyl sites for hydroxylation is 1. The number of nitrogens with zero attached hydrogens (tertiary/aromatic N) is 1. The molecule has 3 rings (SSSR count). The molecule has 0 spiro atoms. The molecule has 2 amide bonds. The maximum atomic E-state index is 11.9. The highest BCUT2D eigenvalue weighted by Gasteiger charge is 2.21. The Hall–Kier alpha value is -2.30. The van der Waals surface area contributed by atoms with Crippen LogP contribution in [0.3, 0.4) is 0 Å². The zero-order chi connectivity index (χ0) is 13.1. The van der Waals surface area contributed by atoms with Gasteiger partial charge in [-0.1, -0.05) is 18.2 Å². The Morgan fingerprint density at radius 1 is 1.32 bits per heavy atom. The monoisotopic (exact) mass is 256 g/mol. The van der Waals surface area contributed by atoms with Gasteiger partial charge in [-0.25, -0.2) is 9.78 Å². The smallest absolute Gasteiger partial charge is 0.319 e. The molecular weight excluding hydrogens is 240 g/mol. The van der Waals surface area contributed by atoms with Crippen molar-refractivity contribution >= 4 is 11.7 Å². The van der Waals surface area contributed by atoms with Crippen molar-refractivity contribution in [2.75, 3.05) is 5.32 Å². The summed E-state index contributed by atoms with van der Waals surface area (Å²) in [4.78, 5) is 19.3. The molecule has 0 radical (unpaired) electrons. The van der Waals surface area contributed by atoms with Crippen LogP contribution in [-0.4, -0.2) is 22.0 Å². The number of imidazole rings is 1. The molecule has 19 heavy (non-hydrogen) atoms. The molecule has 0 fully saturated rings. The maximum Gasteiger partial charge on any atom is 0.319 e. The van der Waals surface area contributed by atoms with E-state index in [1.165, 1.54) is 0 Å². The van der Waals surface area contributed by atoms with Crippen LogP contribution in [-0.2, 0) is 12.8 Å². The predicted molar refractivity (Wildman–Crippen MR) is 73.0 cm³/mol. The summed E-state index contributed by atoms with van der Waals surface area (Å²) >= 11 is 0. The standard InChI is InChI=1S/C14H16N4O/c19-14(17-10-4-2-1-3-5-10)18-11-6-7-12-13(8-11)16-9-15-12/h1-5,9,11H,6-8H2,(H,15,16)(H2,17,18,19). The van der Waals surface area contributed by atoms with Crippen molar-refractivity contribution in [1.29, 1.82) is 0 Å². The van der Waals surface area contributed by atoms with Crippen molar-refractivity contribution in [3.63, 3.8) is 0 Å². The van der Waals surface area contributed by atoms with E-state index in [4.69, 9.17) is 0 Å². The number of amides is 2. The van der Waals surface area contributed by atoms with Crippen LogP contribution in [0.4, 0.5) is 10.5 Å². The first-order chi connectivity index (χ1) is 9.31. The molecule has 1 atom stereocenters. The van der Waals surface area contributed by atoms with Crippen LogP contribution in [0.25, 0.3) is 0 Å². The van der Waals surface area contributed by atoms with E-state index in [1.54, 1.807) is 6.33 Å². The lowest BCUT2D eigenvalue weighted by Crippen LogP contribution is -2.41. The molecule has 2 aromatic rings. The number of hydrogen-bond donors (Lipinski definition) is 3. The number of carbonyl (C=O) groups excluding carboxylic acids is 1. The number of anilines is 1. The average molecular weight is 256 g/mol. The van der Waals surface area contributed by atoms with E-state index in [0.29, 0.717) is 0 Å². The van der Waals surface area contributed by atoms with Crippen LogP contribution in [0.5, 0.6) is 0 Å². The third kappa shape index (κ3) is 2.76. The molecule has 5 nitrogen and oxygen atoms in total. The minimum absolute atomic E-state index is 0.154. The molecule has 1 unspecified atom stereocenters. The average Bonchev–Trinajstić information content (AvgIpc) is 2.87. The van der Waals surface area contributed by atoms with Gasteiger partial charge in [0.1, 0.15) is 0 Å². The van der Waals surface area contributed by atoms with Gasteiger partial charge in [0.15, 0.2) is 0 Å². The largest absolute Gasteiger partial charge is 0.348 e. The molecule has 5 heteroatoms. The van der Waals surface area contributed by atoms with Crippen molar-refractivity contribution < 1.29 is 4.79 Å². The second kappa shape index (κ2) is 5.14. The number of fused-ring (bicyclic) bond motifs is 1. The summed E-state index contributed by atoms with van der Waals surface area (Å²) in [6.07, 6.45) is 4.38. The third-order valence-corrected chi connectivity index (χ3v) is 3.35. The number of aromatic nitrogens is 2. The molecular formula is C14H16N4O. The quantitative estimate of drug-likeness (QED) is 0.770. The molecule has 0 saturated carbocycles. The Balaban J connectivity index is 1.56. The van der Waals surface area contributed by atoms with Crippen molar-refractivity contribution in [3.8, 4) is 0 Å². The van der Waals surface area contributed by atoms with Crippen molar-refractivity contribution in [3.05, 3.63) is 48.0 Å². The van der Waals surface area contributed by atoms with E-state index in [-0.39, 0.29) is 12.1 Å². The Bertz CT molecular complexity index is 564. The summed E-state index contributed by atoms with van der Waals surface area (Å²) in [5.74, 6) is 0. The van der Waals surface area contributed by atoms with E-state index in [1.807, 2.05) is 30.3 Å². The fourth-order valence-electron chi connectivity index (χ4n) is 2.40. The Kier molecular flexibility index (Phi) is 3.18. The van der Waals surface area contributed by atoms with Crippen LogP contribution in [0.2, 0.25) is 0 Å². The van der Waals surface area contributed by atoms with E-state index in [2.05, 4.69) is 20.6 Å². The summed E-state index contributed by atoms with van der Waals surface area (Å²) in [6, 6.07) is 9.46. The Labute approximate surface area is 111 Å². The minimum Gasteiger partial charge on any atom is -0.348 e. The summed E-state index contributed by atoms with van der Waals surface area (Å²) in [7, 11) is 0. The fraction of sp³-hybridized carbons (Fsp3) is 0.286. The number of rotatable bonds is 2. The van der Waals surface area contributed by atoms with Crippen molar-refractivity contribution in [1.82, 2.24) is 15.3 Å². The highest BCUT2D eigenvalue weighted by molar-refractivity contribution is 5.89. The summed E-state index contributed by atoms with van der Waals surface area (Å²) in [6.45, 7) is 0. The predicted octanol–water partition coefficient (Wildman–Crippen LogP) is 2.09. The van der Waals surface area contributed by atoms with Gasteiger partial charge >= 0.3 is 6.03 Å². The molecule has 3 N–H and O–H groups in total. The SMILES string of the molecule is O=C(Nc1ccccc1)NC1CCc2nc[nH]c2C1. The van der Waals surface area contributed by atoms with Crippen LogP contribution in [0.1, 0.15) is 17.8 Å². The Morgan fingerprint density at radius 3 is 3.00 bits per heavy atom. The van der Waals surface area contributed by atoms with E-state index < -0.39 is 0 Å². The highest BCUT2D eigenvalue weighted by atomic mass is 16.2. The van der Waals surface area contributed by atoms with Crippen molar-refractivity contribution in [2.24, 2.45) is 0 Å². The summed E-state index contributed by atoms with van der Waals surface area (Å²) in [5, 5.41) is 5.83. The van der Waals surface area contributed by atoms with Crippen LogP contribution >= 0.6 is 0 Å². The molecule has 98 valence electrons. The second-order valence-electron chi connectivity index (χ2n) is 4.73. The van der Waals surface area contributed by atoms with Crippen molar-refractivity contribution in [2.45, 2.75) is 25.3 Å². The number of benzene rings is 1. The molecule has 1 aromatic heterocycles. The molecule has 0 saturated heterocycles. The molecule has 0 aliphatic heterocycles. The van der Waals surface area contributed by atoms with Gasteiger partial charge in [-0.15, -0.1) is 0 Å². The third-order valence-electron chi connectivity index (χ3n) is 3.35. The van der Waals surface area contributed by atoms with Gasteiger partial charge in [0.25, 0.3) is 0 Å². The van der Waals surface area contributed by atoms with Crippen LogP contribution in [0, 0.1) is 0 Å².